The van der Waals surface area contributed by atoms with E-state index in [0.29, 0.717) is 16.3 Å². The molecule has 0 radical (unpaired) electrons. The van der Waals surface area contributed by atoms with Gasteiger partial charge in [-0.1, -0.05) is 42.8 Å². The highest BCUT2D eigenvalue weighted by Crippen LogP contribution is 2.21. The van der Waals surface area contributed by atoms with Crippen LogP contribution in [0.3, 0.4) is 0 Å². The zero-order chi connectivity index (χ0) is 17.6. The molecule has 126 valence electrons. The normalized spacial score (nSPS) is 10.3. The van der Waals surface area contributed by atoms with Crippen molar-refractivity contribution in [2.75, 3.05) is 10.6 Å². The zero-order valence-corrected chi connectivity index (χ0v) is 14.5. The highest BCUT2D eigenvalue weighted by atomic mass is 35.5. The van der Waals surface area contributed by atoms with E-state index in [4.69, 9.17) is 11.6 Å². The summed E-state index contributed by atoms with van der Waals surface area (Å²) in [5.41, 5.74) is 3.39. The summed E-state index contributed by atoms with van der Waals surface area (Å²) in [6.07, 6.45) is 2.57. The molecule has 0 bridgehead atoms. The first-order valence-electron chi connectivity index (χ1n) is 8.03. The Morgan fingerprint density at radius 2 is 1.92 bits per heavy atom. The van der Waals surface area contributed by atoms with E-state index in [1.165, 1.54) is 5.56 Å². The van der Waals surface area contributed by atoms with Gasteiger partial charge >= 0.3 is 0 Å². The minimum Gasteiger partial charge on any atom is -0.340 e. The number of amides is 1. The van der Waals surface area contributed by atoms with E-state index < -0.39 is 0 Å². The third-order valence-corrected chi connectivity index (χ3v) is 4.00. The van der Waals surface area contributed by atoms with Crippen molar-refractivity contribution >= 4 is 34.7 Å². The maximum absolute atomic E-state index is 12.2. The van der Waals surface area contributed by atoms with Crippen molar-refractivity contribution < 1.29 is 4.79 Å². The molecular formula is C20H18ClN3O. The third-order valence-electron chi connectivity index (χ3n) is 3.77. The number of rotatable bonds is 5. The van der Waals surface area contributed by atoms with Gasteiger partial charge in [-0.3, -0.25) is 4.79 Å². The number of aromatic nitrogens is 1. The van der Waals surface area contributed by atoms with Crippen LogP contribution in [-0.2, 0) is 6.42 Å². The Morgan fingerprint density at radius 3 is 2.64 bits per heavy atom. The molecule has 0 aliphatic carbocycles. The largest absolute Gasteiger partial charge is 0.340 e. The molecule has 0 saturated carbocycles. The van der Waals surface area contributed by atoms with E-state index in [2.05, 4.69) is 28.6 Å². The zero-order valence-electron chi connectivity index (χ0n) is 13.8. The lowest BCUT2D eigenvalue weighted by Gasteiger charge is -2.11. The molecule has 4 nitrogen and oxygen atoms in total. The van der Waals surface area contributed by atoms with Crippen molar-refractivity contribution in [3.05, 3.63) is 83.0 Å². The lowest BCUT2D eigenvalue weighted by Crippen LogP contribution is -2.12. The molecule has 1 amide bonds. The van der Waals surface area contributed by atoms with Crippen LogP contribution in [0.4, 0.5) is 17.2 Å². The van der Waals surface area contributed by atoms with E-state index >= 15 is 0 Å². The summed E-state index contributed by atoms with van der Waals surface area (Å²) < 4.78 is 0. The monoisotopic (exact) mass is 351 g/mol. The van der Waals surface area contributed by atoms with Gasteiger partial charge in [-0.25, -0.2) is 4.98 Å². The number of carbonyl (C=O) groups is 1. The van der Waals surface area contributed by atoms with Crippen LogP contribution in [0.1, 0.15) is 22.8 Å². The van der Waals surface area contributed by atoms with Crippen LogP contribution in [-0.4, -0.2) is 10.9 Å². The van der Waals surface area contributed by atoms with Gasteiger partial charge in [-0.2, -0.15) is 0 Å². The van der Waals surface area contributed by atoms with Gasteiger partial charge in [-0.05, 0) is 48.4 Å². The van der Waals surface area contributed by atoms with Gasteiger partial charge in [0.1, 0.15) is 5.82 Å². The van der Waals surface area contributed by atoms with E-state index in [0.717, 1.165) is 17.9 Å². The van der Waals surface area contributed by atoms with Crippen LogP contribution in [0.5, 0.6) is 0 Å². The standard InChI is InChI=1S/C20H18ClN3O/c1-2-14-6-3-4-9-18(14)24-19-11-10-17(13-22-19)23-20(25)15-7-5-8-16(21)12-15/h3-13H,2H2,1H3,(H,22,24)(H,23,25). The van der Waals surface area contributed by atoms with E-state index in [1.54, 1.807) is 30.5 Å². The molecule has 0 aliphatic rings. The van der Waals surface area contributed by atoms with Crippen LogP contribution in [0.15, 0.2) is 66.9 Å². The van der Waals surface area contributed by atoms with E-state index in [-0.39, 0.29) is 5.91 Å². The Hall–Kier alpha value is -2.85. The van der Waals surface area contributed by atoms with Crippen LogP contribution < -0.4 is 10.6 Å². The molecule has 0 aliphatic heterocycles. The second-order valence-corrected chi connectivity index (χ2v) is 5.97. The number of pyridine rings is 1. The Labute approximate surface area is 151 Å². The Balaban J connectivity index is 1.69. The molecule has 2 aromatic carbocycles. The van der Waals surface area contributed by atoms with Crippen LogP contribution >= 0.6 is 11.6 Å². The summed E-state index contributed by atoms with van der Waals surface area (Å²) in [5, 5.41) is 6.64. The first-order chi connectivity index (χ1) is 12.2. The van der Waals surface area contributed by atoms with Gasteiger partial charge in [0, 0.05) is 16.3 Å². The van der Waals surface area contributed by atoms with Gasteiger partial charge in [0.15, 0.2) is 0 Å². The summed E-state index contributed by atoms with van der Waals surface area (Å²) in [5.74, 6) is 0.503. The minimum atomic E-state index is -0.221. The summed E-state index contributed by atoms with van der Waals surface area (Å²) in [6, 6.07) is 18.6. The molecule has 1 heterocycles. The minimum absolute atomic E-state index is 0.221. The SMILES string of the molecule is CCc1ccccc1Nc1ccc(NC(=O)c2cccc(Cl)c2)cn1. The topological polar surface area (TPSA) is 54.0 Å². The quantitative estimate of drug-likeness (QED) is 0.656. The van der Waals surface area contributed by atoms with Gasteiger partial charge in [-0.15, -0.1) is 0 Å². The highest BCUT2D eigenvalue weighted by molar-refractivity contribution is 6.31. The van der Waals surface area contributed by atoms with Crippen molar-refractivity contribution in [3.8, 4) is 0 Å². The molecule has 2 N–H and O–H groups in total. The van der Waals surface area contributed by atoms with Gasteiger partial charge in [0.05, 0.1) is 11.9 Å². The second kappa shape index (κ2) is 7.81. The fourth-order valence-electron chi connectivity index (χ4n) is 2.46. The number of nitrogens with one attached hydrogen (secondary N) is 2. The Morgan fingerprint density at radius 1 is 1.08 bits per heavy atom. The van der Waals surface area contributed by atoms with Crippen molar-refractivity contribution in [3.63, 3.8) is 0 Å². The third kappa shape index (κ3) is 4.37. The molecule has 0 atom stereocenters. The number of carbonyl (C=O) groups excluding carboxylic acids is 1. The summed E-state index contributed by atoms with van der Waals surface area (Å²) in [4.78, 5) is 16.6. The molecule has 0 saturated heterocycles. The fraction of sp³-hybridized carbons (Fsp3) is 0.100. The average Bonchev–Trinajstić information content (AvgIpc) is 2.64. The van der Waals surface area contributed by atoms with Gasteiger partial charge in [0.2, 0.25) is 0 Å². The summed E-state index contributed by atoms with van der Waals surface area (Å²) in [7, 11) is 0. The molecule has 3 aromatic rings. The predicted octanol–water partition coefficient (Wildman–Crippen LogP) is 5.29. The molecule has 25 heavy (non-hydrogen) atoms. The number of para-hydroxylation sites is 1. The Kier molecular flexibility index (Phi) is 5.31. The number of halogens is 1. The summed E-state index contributed by atoms with van der Waals surface area (Å²) >= 11 is 5.91. The Bertz CT molecular complexity index is 878. The van der Waals surface area contributed by atoms with E-state index in [1.807, 2.05) is 30.3 Å². The predicted molar refractivity (Wildman–Crippen MR) is 103 cm³/mol. The number of hydrogen-bond acceptors (Lipinski definition) is 3. The first kappa shape index (κ1) is 17.0. The molecular weight excluding hydrogens is 334 g/mol. The number of benzene rings is 2. The smallest absolute Gasteiger partial charge is 0.255 e. The summed E-state index contributed by atoms with van der Waals surface area (Å²) in [6.45, 7) is 2.11. The van der Waals surface area contributed by atoms with E-state index in [9.17, 15) is 4.79 Å². The lowest BCUT2D eigenvalue weighted by atomic mass is 10.1. The van der Waals surface area contributed by atoms with Gasteiger partial charge < -0.3 is 10.6 Å². The molecule has 3 rings (SSSR count). The van der Waals surface area contributed by atoms with Crippen LogP contribution in [0.2, 0.25) is 5.02 Å². The molecule has 1 aromatic heterocycles. The lowest BCUT2D eigenvalue weighted by molar-refractivity contribution is 0.102. The second-order valence-electron chi connectivity index (χ2n) is 5.53. The number of anilines is 3. The fourth-order valence-corrected chi connectivity index (χ4v) is 2.65. The van der Waals surface area contributed by atoms with Crippen molar-refractivity contribution in [2.24, 2.45) is 0 Å². The van der Waals surface area contributed by atoms with Crippen LogP contribution in [0.25, 0.3) is 0 Å². The molecule has 0 spiro atoms. The number of hydrogen-bond donors (Lipinski definition) is 2. The van der Waals surface area contributed by atoms with Crippen LogP contribution in [0, 0.1) is 0 Å². The van der Waals surface area contributed by atoms with Crippen molar-refractivity contribution in [1.29, 1.82) is 0 Å². The highest BCUT2D eigenvalue weighted by Gasteiger charge is 2.07. The maximum Gasteiger partial charge on any atom is 0.255 e. The van der Waals surface area contributed by atoms with Gasteiger partial charge in [0.25, 0.3) is 5.91 Å². The average molecular weight is 352 g/mol. The first-order valence-corrected chi connectivity index (χ1v) is 8.41. The van der Waals surface area contributed by atoms with Crippen molar-refractivity contribution in [1.82, 2.24) is 4.98 Å². The number of nitrogens with zero attached hydrogens (tertiary/aromatic N) is 1. The molecule has 0 fully saturated rings. The maximum atomic E-state index is 12.2. The van der Waals surface area contributed by atoms with Crippen molar-refractivity contribution in [2.45, 2.75) is 13.3 Å². The molecule has 0 unspecified atom stereocenters. The molecule has 5 heteroatoms. The number of aryl methyl sites for hydroxylation is 1.